The van der Waals surface area contributed by atoms with Crippen molar-refractivity contribution in [2.75, 3.05) is 0 Å². The van der Waals surface area contributed by atoms with Crippen LogP contribution in [0.2, 0.25) is 0 Å². The van der Waals surface area contributed by atoms with Gasteiger partial charge in [-0.05, 0) is 31.7 Å². The zero-order valence-electron chi connectivity index (χ0n) is 12.6. The molecule has 3 heteroatoms. The second-order valence-corrected chi connectivity index (χ2v) is 5.93. The highest BCUT2D eigenvalue weighted by Gasteiger charge is 2.34. The molecule has 1 atom stereocenters. The molecule has 1 fully saturated rings. The molecule has 2 N–H and O–H groups in total. The predicted molar refractivity (Wildman–Crippen MR) is 82.3 cm³/mol. The largest absolute Gasteiger partial charge is 0.334 e. The van der Waals surface area contributed by atoms with Crippen LogP contribution in [0.3, 0.4) is 0 Å². The van der Waals surface area contributed by atoms with E-state index in [1.165, 1.54) is 11.1 Å². The smallest absolute Gasteiger partial charge is 0.240 e. The van der Waals surface area contributed by atoms with Crippen molar-refractivity contribution in [3.63, 3.8) is 0 Å². The van der Waals surface area contributed by atoms with Gasteiger partial charge < -0.3 is 10.6 Å². The molecule has 1 saturated carbocycles. The minimum absolute atomic E-state index is 0.126. The summed E-state index contributed by atoms with van der Waals surface area (Å²) in [7, 11) is 0. The van der Waals surface area contributed by atoms with E-state index in [1.807, 2.05) is 4.90 Å². The first-order valence-corrected chi connectivity index (χ1v) is 7.73. The van der Waals surface area contributed by atoms with E-state index in [0.29, 0.717) is 12.6 Å². The minimum atomic E-state index is -0.332. The second kappa shape index (κ2) is 6.89. The van der Waals surface area contributed by atoms with Crippen LogP contribution in [-0.2, 0) is 11.3 Å². The van der Waals surface area contributed by atoms with Crippen molar-refractivity contribution < 1.29 is 4.79 Å². The lowest BCUT2D eigenvalue weighted by atomic mass is 10.1. The molecule has 110 valence electrons. The molecule has 0 spiro atoms. The molecule has 0 heterocycles. The van der Waals surface area contributed by atoms with E-state index in [1.54, 1.807) is 0 Å². The van der Waals surface area contributed by atoms with Gasteiger partial charge in [0.15, 0.2) is 0 Å². The van der Waals surface area contributed by atoms with Crippen LogP contribution in [0.5, 0.6) is 0 Å². The predicted octanol–water partition coefficient (Wildman–Crippen LogP) is 3.00. The number of unbranched alkanes of at least 4 members (excludes halogenated alkanes) is 1. The summed E-state index contributed by atoms with van der Waals surface area (Å²) < 4.78 is 0. The molecule has 1 aromatic carbocycles. The molecule has 0 bridgehead atoms. The molecular weight excluding hydrogens is 248 g/mol. The van der Waals surface area contributed by atoms with Crippen LogP contribution in [0.1, 0.15) is 50.2 Å². The van der Waals surface area contributed by atoms with Crippen LogP contribution >= 0.6 is 0 Å². The summed E-state index contributed by atoms with van der Waals surface area (Å²) in [5.41, 5.74) is 8.50. The van der Waals surface area contributed by atoms with Crippen LogP contribution in [0.15, 0.2) is 24.3 Å². The Morgan fingerprint density at radius 3 is 2.55 bits per heavy atom. The van der Waals surface area contributed by atoms with Gasteiger partial charge in [-0.2, -0.15) is 0 Å². The fourth-order valence-corrected chi connectivity index (χ4v) is 2.42. The number of rotatable bonds is 7. The molecule has 0 saturated heterocycles. The SMILES string of the molecule is CCCCC(N)C(=O)N(Cc1ccc(C)cc1)C1CC1. The van der Waals surface area contributed by atoms with E-state index in [0.717, 1.165) is 32.1 Å². The molecule has 1 aromatic rings. The van der Waals surface area contributed by atoms with Crippen molar-refractivity contribution in [3.05, 3.63) is 35.4 Å². The summed E-state index contributed by atoms with van der Waals surface area (Å²) in [4.78, 5) is 14.5. The first kappa shape index (κ1) is 15.0. The lowest BCUT2D eigenvalue weighted by molar-refractivity contribution is -0.134. The van der Waals surface area contributed by atoms with Crippen LogP contribution in [0.4, 0.5) is 0 Å². The molecule has 3 nitrogen and oxygen atoms in total. The molecule has 1 unspecified atom stereocenters. The Bertz CT molecular complexity index is 437. The third-order valence-corrected chi connectivity index (χ3v) is 3.93. The zero-order valence-corrected chi connectivity index (χ0v) is 12.6. The average molecular weight is 274 g/mol. The monoisotopic (exact) mass is 274 g/mol. The Balaban J connectivity index is 1.99. The van der Waals surface area contributed by atoms with E-state index in [9.17, 15) is 4.79 Å². The van der Waals surface area contributed by atoms with Crippen LogP contribution in [-0.4, -0.2) is 22.9 Å². The van der Waals surface area contributed by atoms with Crippen LogP contribution < -0.4 is 5.73 Å². The fraction of sp³-hybridized carbons (Fsp3) is 0.588. The van der Waals surface area contributed by atoms with Crippen molar-refractivity contribution >= 4 is 5.91 Å². The fourth-order valence-electron chi connectivity index (χ4n) is 2.42. The van der Waals surface area contributed by atoms with Gasteiger partial charge in [0.05, 0.1) is 6.04 Å². The van der Waals surface area contributed by atoms with Crippen molar-refractivity contribution in [2.45, 2.75) is 64.6 Å². The Hall–Kier alpha value is -1.35. The summed E-state index contributed by atoms with van der Waals surface area (Å²) in [5, 5.41) is 0. The van der Waals surface area contributed by atoms with Crippen molar-refractivity contribution in [1.82, 2.24) is 4.90 Å². The highest BCUT2D eigenvalue weighted by molar-refractivity contribution is 5.82. The molecule has 0 aromatic heterocycles. The average Bonchev–Trinajstić information content (AvgIpc) is 3.28. The summed E-state index contributed by atoms with van der Waals surface area (Å²) >= 11 is 0. The van der Waals surface area contributed by atoms with Gasteiger partial charge in [-0.15, -0.1) is 0 Å². The number of nitrogens with zero attached hydrogens (tertiary/aromatic N) is 1. The van der Waals surface area contributed by atoms with E-state index >= 15 is 0 Å². The van der Waals surface area contributed by atoms with Gasteiger partial charge in [0.1, 0.15) is 0 Å². The highest BCUT2D eigenvalue weighted by Crippen LogP contribution is 2.29. The van der Waals surface area contributed by atoms with Gasteiger partial charge in [0, 0.05) is 12.6 Å². The van der Waals surface area contributed by atoms with E-state index < -0.39 is 0 Å². The standard InChI is InChI=1S/C17H26N2O/c1-3-4-5-16(18)17(20)19(15-10-11-15)12-14-8-6-13(2)7-9-14/h6-9,15-16H,3-5,10-12,18H2,1-2H3. The zero-order chi connectivity index (χ0) is 14.5. The first-order valence-electron chi connectivity index (χ1n) is 7.73. The molecular formula is C17H26N2O. The number of benzene rings is 1. The number of hydrogen-bond donors (Lipinski definition) is 1. The molecule has 0 aliphatic heterocycles. The number of nitrogens with two attached hydrogens (primary N) is 1. The number of carbonyl (C=O) groups is 1. The number of aryl methyl sites for hydroxylation is 1. The van der Waals surface area contributed by atoms with Crippen molar-refractivity contribution in [1.29, 1.82) is 0 Å². The Morgan fingerprint density at radius 2 is 2.00 bits per heavy atom. The highest BCUT2D eigenvalue weighted by atomic mass is 16.2. The quantitative estimate of drug-likeness (QED) is 0.831. The van der Waals surface area contributed by atoms with E-state index in [-0.39, 0.29) is 11.9 Å². The van der Waals surface area contributed by atoms with Gasteiger partial charge in [-0.1, -0.05) is 49.6 Å². The summed E-state index contributed by atoms with van der Waals surface area (Å²) in [6.45, 7) is 4.90. The lowest BCUT2D eigenvalue weighted by Gasteiger charge is -2.26. The molecule has 0 radical (unpaired) electrons. The van der Waals surface area contributed by atoms with Gasteiger partial charge in [0.25, 0.3) is 0 Å². The minimum Gasteiger partial charge on any atom is -0.334 e. The second-order valence-electron chi connectivity index (χ2n) is 5.93. The Labute approximate surface area is 122 Å². The number of carbonyl (C=O) groups excluding carboxylic acids is 1. The van der Waals surface area contributed by atoms with Gasteiger partial charge >= 0.3 is 0 Å². The van der Waals surface area contributed by atoms with Gasteiger partial charge in [-0.3, -0.25) is 4.79 Å². The Kier molecular flexibility index (Phi) is 5.18. The third-order valence-electron chi connectivity index (χ3n) is 3.93. The lowest BCUT2D eigenvalue weighted by Crippen LogP contribution is -2.44. The van der Waals surface area contributed by atoms with Gasteiger partial charge in [-0.25, -0.2) is 0 Å². The molecule has 20 heavy (non-hydrogen) atoms. The normalized spacial score (nSPS) is 15.9. The molecule has 2 rings (SSSR count). The maximum Gasteiger partial charge on any atom is 0.240 e. The van der Waals surface area contributed by atoms with E-state index in [4.69, 9.17) is 5.73 Å². The maximum atomic E-state index is 12.5. The first-order chi connectivity index (χ1) is 9.61. The Morgan fingerprint density at radius 1 is 1.35 bits per heavy atom. The topological polar surface area (TPSA) is 46.3 Å². The van der Waals surface area contributed by atoms with Crippen molar-refractivity contribution in [3.8, 4) is 0 Å². The van der Waals surface area contributed by atoms with Gasteiger partial charge in [0.2, 0.25) is 5.91 Å². The number of hydrogen-bond acceptors (Lipinski definition) is 2. The summed E-state index contributed by atoms with van der Waals surface area (Å²) in [6.07, 6.45) is 5.15. The number of amides is 1. The summed E-state index contributed by atoms with van der Waals surface area (Å²) in [6, 6.07) is 8.49. The van der Waals surface area contributed by atoms with Crippen LogP contribution in [0, 0.1) is 6.92 Å². The third kappa shape index (κ3) is 4.07. The maximum absolute atomic E-state index is 12.5. The van der Waals surface area contributed by atoms with E-state index in [2.05, 4.69) is 38.1 Å². The van der Waals surface area contributed by atoms with Crippen molar-refractivity contribution in [2.24, 2.45) is 5.73 Å². The molecule has 1 aliphatic carbocycles. The summed E-state index contributed by atoms with van der Waals surface area (Å²) in [5.74, 6) is 0.126. The molecule has 1 amide bonds. The van der Waals surface area contributed by atoms with Crippen LogP contribution in [0.25, 0.3) is 0 Å². The molecule has 1 aliphatic rings.